The highest BCUT2D eigenvalue weighted by molar-refractivity contribution is 6.21. The van der Waals surface area contributed by atoms with Crippen LogP contribution in [0.25, 0.3) is 5.65 Å². The highest BCUT2D eigenvalue weighted by Gasteiger charge is 2.33. The van der Waals surface area contributed by atoms with Crippen molar-refractivity contribution < 1.29 is 35.5 Å². The second-order valence-electron chi connectivity index (χ2n) is 5.48. The normalized spacial score (nSPS) is 11.9. The van der Waals surface area contributed by atoms with Gasteiger partial charge in [-0.3, -0.25) is 4.79 Å². The zero-order valence-electron chi connectivity index (χ0n) is 13.4. The third kappa shape index (κ3) is 3.23. The van der Waals surface area contributed by atoms with Crippen LogP contribution >= 0.6 is 11.6 Å². The Hall–Kier alpha value is -2.89. The van der Waals surface area contributed by atoms with Crippen LogP contribution < -0.4 is 5.32 Å². The number of aromatic nitrogens is 3. The fourth-order valence-electron chi connectivity index (χ4n) is 2.31. The minimum absolute atomic E-state index is 0.0921. The topological polar surface area (TPSA) is 59.3 Å². The van der Waals surface area contributed by atoms with Gasteiger partial charge in [-0.25, -0.2) is 31.5 Å². The second kappa shape index (κ2) is 6.62. The Labute approximate surface area is 155 Å². The van der Waals surface area contributed by atoms with Crippen molar-refractivity contribution in [2.75, 3.05) is 5.32 Å². The number of alkyl halides is 3. The van der Waals surface area contributed by atoms with Crippen LogP contribution in [0, 0.1) is 36.0 Å². The number of halogens is 8. The van der Waals surface area contributed by atoms with Crippen LogP contribution in [0.15, 0.2) is 12.1 Å². The Kier molecular flexibility index (Phi) is 4.69. The molecule has 0 spiro atoms. The van der Waals surface area contributed by atoms with Crippen molar-refractivity contribution in [1.29, 1.82) is 0 Å². The summed E-state index contributed by atoms with van der Waals surface area (Å²) in [6, 6.07) is 1.75. The van der Waals surface area contributed by atoms with Crippen LogP contribution in [0.1, 0.15) is 21.9 Å². The van der Waals surface area contributed by atoms with Gasteiger partial charge in [-0.1, -0.05) is 0 Å². The molecule has 0 aliphatic carbocycles. The first-order valence-corrected chi connectivity index (χ1v) is 7.57. The molecular weight excluding hydrogens is 421 g/mol. The van der Waals surface area contributed by atoms with E-state index in [4.69, 9.17) is 11.6 Å². The number of hydrogen-bond donors (Lipinski definition) is 1. The summed E-state index contributed by atoms with van der Waals surface area (Å²) in [6.45, 7) is 1.35. The van der Waals surface area contributed by atoms with E-state index in [0.29, 0.717) is 4.52 Å². The molecule has 0 radical (unpaired) electrons. The van der Waals surface area contributed by atoms with Crippen molar-refractivity contribution in [3.05, 3.63) is 58.3 Å². The van der Waals surface area contributed by atoms with Gasteiger partial charge in [-0.2, -0.15) is 13.9 Å². The average Bonchev–Trinajstić information content (AvgIpc) is 3.04. The third-order valence-corrected chi connectivity index (χ3v) is 3.72. The molecule has 0 unspecified atom stereocenters. The maximum absolute atomic E-state index is 13.7. The average molecular weight is 427 g/mol. The summed E-state index contributed by atoms with van der Waals surface area (Å²) >= 11 is 4.98. The predicted octanol–water partition coefficient (Wildman–Crippen LogP) is 4.27. The molecule has 1 N–H and O–H groups in total. The summed E-state index contributed by atoms with van der Waals surface area (Å²) in [5, 5.41) is 1.09. The van der Waals surface area contributed by atoms with Gasteiger partial charge in [0.1, 0.15) is 11.4 Å². The van der Waals surface area contributed by atoms with Gasteiger partial charge in [0, 0.05) is 11.8 Å². The van der Waals surface area contributed by atoms with E-state index < -0.39 is 57.5 Å². The summed E-state index contributed by atoms with van der Waals surface area (Å²) in [7, 11) is 0. The standard InChI is InChI=1S/C15H6ClF7N4O/c1-4-2-6(15(16,22)23)27-7(24-4)3-5(26-27)14(28)25-13-11(20)9(18)8(17)10(19)12(13)21/h2-3H,1H3,(H,25,28). The number of amides is 1. The van der Waals surface area contributed by atoms with Gasteiger partial charge in [0.25, 0.3) is 5.91 Å². The lowest BCUT2D eigenvalue weighted by atomic mass is 10.2. The second-order valence-corrected chi connectivity index (χ2v) is 5.95. The summed E-state index contributed by atoms with van der Waals surface area (Å²) in [5.74, 6) is -13.0. The molecule has 3 aromatic rings. The Morgan fingerprint density at radius 1 is 1.04 bits per heavy atom. The van der Waals surface area contributed by atoms with Crippen LogP contribution in [0.5, 0.6) is 0 Å². The van der Waals surface area contributed by atoms with Crippen LogP contribution in [0.4, 0.5) is 36.4 Å². The van der Waals surface area contributed by atoms with E-state index in [2.05, 4.69) is 10.1 Å². The molecule has 13 heteroatoms. The van der Waals surface area contributed by atoms with E-state index in [0.717, 1.165) is 12.1 Å². The Bertz CT molecular complexity index is 1100. The van der Waals surface area contributed by atoms with Gasteiger partial charge in [-0.15, -0.1) is 0 Å². The van der Waals surface area contributed by atoms with Gasteiger partial charge in [0.2, 0.25) is 5.82 Å². The summed E-state index contributed by atoms with van der Waals surface area (Å²) < 4.78 is 94.3. The lowest BCUT2D eigenvalue weighted by molar-refractivity contribution is 0.0868. The Morgan fingerprint density at radius 2 is 1.57 bits per heavy atom. The smallest absolute Gasteiger partial charge is 0.315 e. The molecule has 3 rings (SSSR count). The summed E-state index contributed by atoms with van der Waals surface area (Å²) in [5.41, 5.74) is -3.34. The van der Waals surface area contributed by atoms with E-state index >= 15 is 0 Å². The molecule has 1 amide bonds. The Morgan fingerprint density at radius 3 is 2.11 bits per heavy atom. The molecule has 0 bridgehead atoms. The van der Waals surface area contributed by atoms with Gasteiger partial charge in [0.15, 0.2) is 34.6 Å². The first-order chi connectivity index (χ1) is 12.9. The fourth-order valence-corrected chi connectivity index (χ4v) is 2.44. The van der Waals surface area contributed by atoms with Crippen LogP contribution in [-0.2, 0) is 5.38 Å². The Balaban J connectivity index is 2.07. The number of hydrogen-bond acceptors (Lipinski definition) is 3. The highest BCUT2D eigenvalue weighted by Crippen LogP contribution is 2.33. The number of fused-ring (bicyclic) bond motifs is 1. The maximum Gasteiger partial charge on any atom is 0.364 e. The SMILES string of the molecule is Cc1cc(C(F)(F)Cl)n2nc(C(=O)Nc3c(F)c(F)c(F)c(F)c3F)cc2n1. The van der Waals surface area contributed by atoms with Crippen LogP contribution in [-0.4, -0.2) is 20.5 Å². The number of rotatable bonds is 3. The van der Waals surface area contributed by atoms with Crippen molar-refractivity contribution in [2.45, 2.75) is 12.3 Å². The van der Waals surface area contributed by atoms with E-state index in [1.165, 1.54) is 12.2 Å². The van der Waals surface area contributed by atoms with E-state index in [1.807, 2.05) is 0 Å². The minimum atomic E-state index is -3.90. The number of nitrogens with zero attached hydrogens (tertiary/aromatic N) is 3. The fraction of sp³-hybridized carbons (Fsp3) is 0.133. The number of nitrogens with one attached hydrogen (secondary N) is 1. The van der Waals surface area contributed by atoms with Gasteiger partial charge >= 0.3 is 5.38 Å². The lowest BCUT2D eigenvalue weighted by Gasteiger charge is -2.10. The van der Waals surface area contributed by atoms with Crippen LogP contribution in [0.2, 0.25) is 0 Å². The zero-order chi connectivity index (χ0) is 21.0. The number of carbonyl (C=O) groups is 1. The molecule has 1 aromatic carbocycles. The molecule has 5 nitrogen and oxygen atoms in total. The molecule has 28 heavy (non-hydrogen) atoms. The molecule has 0 saturated carbocycles. The molecule has 148 valence electrons. The number of benzene rings is 1. The highest BCUT2D eigenvalue weighted by atomic mass is 35.5. The quantitative estimate of drug-likeness (QED) is 0.294. The molecule has 0 saturated heterocycles. The first kappa shape index (κ1) is 19.9. The summed E-state index contributed by atoms with van der Waals surface area (Å²) in [6.07, 6.45) is 0. The van der Waals surface area contributed by atoms with Crippen molar-refractivity contribution in [3.8, 4) is 0 Å². The summed E-state index contributed by atoms with van der Waals surface area (Å²) in [4.78, 5) is 16.0. The molecule has 2 heterocycles. The first-order valence-electron chi connectivity index (χ1n) is 7.19. The minimum Gasteiger partial charge on any atom is -0.315 e. The van der Waals surface area contributed by atoms with E-state index in [9.17, 15) is 35.5 Å². The zero-order valence-corrected chi connectivity index (χ0v) is 14.2. The number of carbonyl (C=O) groups excluding carboxylic acids is 1. The van der Waals surface area contributed by atoms with Crippen LogP contribution in [0.3, 0.4) is 0 Å². The molecule has 0 fully saturated rings. The van der Waals surface area contributed by atoms with Gasteiger partial charge in [0.05, 0.1) is 0 Å². The predicted molar refractivity (Wildman–Crippen MR) is 81.7 cm³/mol. The van der Waals surface area contributed by atoms with Crippen molar-refractivity contribution in [1.82, 2.24) is 14.6 Å². The van der Waals surface area contributed by atoms with Gasteiger partial charge < -0.3 is 5.32 Å². The van der Waals surface area contributed by atoms with Crippen molar-refractivity contribution in [3.63, 3.8) is 0 Å². The molecular formula is C15H6ClF7N4O. The van der Waals surface area contributed by atoms with Crippen molar-refractivity contribution >= 4 is 28.8 Å². The number of aryl methyl sites for hydroxylation is 1. The van der Waals surface area contributed by atoms with E-state index in [1.54, 1.807) is 0 Å². The molecule has 0 atom stereocenters. The van der Waals surface area contributed by atoms with Gasteiger partial charge in [-0.05, 0) is 24.6 Å². The number of anilines is 1. The van der Waals surface area contributed by atoms with E-state index in [-0.39, 0.29) is 11.3 Å². The molecule has 0 aliphatic rings. The third-order valence-electron chi connectivity index (χ3n) is 3.53. The molecule has 2 aromatic heterocycles. The lowest BCUT2D eigenvalue weighted by Crippen LogP contribution is -2.18. The van der Waals surface area contributed by atoms with Crippen molar-refractivity contribution in [2.24, 2.45) is 0 Å². The maximum atomic E-state index is 13.7. The monoisotopic (exact) mass is 426 g/mol. The molecule has 0 aliphatic heterocycles. The largest absolute Gasteiger partial charge is 0.364 e.